The summed E-state index contributed by atoms with van der Waals surface area (Å²) in [7, 11) is 0. The largest absolute Gasteiger partial charge is 0.309 e. The van der Waals surface area contributed by atoms with Crippen molar-refractivity contribution in [3.05, 3.63) is 249 Å². The van der Waals surface area contributed by atoms with E-state index in [-0.39, 0.29) is 0 Å². The lowest BCUT2D eigenvalue weighted by Gasteiger charge is -2.20. The summed E-state index contributed by atoms with van der Waals surface area (Å²) in [6, 6.07) is 89.4. The van der Waals surface area contributed by atoms with Crippen LogP contribution in [0.4, 0.5) is 0 Å². The van der Waals surface area contributed by atoms with E-state index >= 15 is 0 Å². The molecular formula is C64H41N5. The molecule has 0 bridgehead atoms. The third kappa shape index (κ3) is 6.18. The summed E-state index contributed by atoms with van der Waals surface area (Å²) in [5.74, 6) is 0.685. The van der Waals surface area contributed by atoms with Gasteiger partial charge in [-0.1, -0.05) is 176 Å². The van der Waals surface area contributed by atoms with E-state index in [1.807, 2.05) is 24.3 Å². The van der Waals surface area contributed by atoms with Crippen molar-refractivity contribution in [1.82, 2.24) is 23.7 Å². The van der Waals surface area contributed by atoms with Crippen LogP contribution in [0.1, 0.15) is 0 Å². The lowest BCUT2D eigenvalue weighted by molar-refractivity contribution is 1.15. The van der Waals surface area contributed by atoms with Crippen LogP contribution >= 0.6 is 0 Å². The molecule has 5 nitrogen and oxygen atoms in total. The van der Waals surface area contributed by atoms with Crippen molar-refractivity contribution in [3.63, 3.8) is 0 Å². The Kier molecular flexibility index (Phi) is 8.83. The highest BCUT2D eigenvalue weighted by atomic mass is 15.0. The SMILES string of the molecule is c1ccc(-c2cc(-c3ccc(-n4c5ccccc5c5cc(-n6c7ccccc7c7ccccc76)ccc54)c(-c4ccccc4-n4c5ccccc5c5ccccc54)c3)nc(-c3ccccc3)n2)cc1. The van der Waals surface area contributed by atoms with Gasteiger partial charge in [-0.05, 0) is 72.8 Å². The molecule has 14 rings (SSSR count). The Bertz CT molecular complexity index is 4140. The highest BCUT2D eigenvalue weighted by molar-refractivity contribution is 6.13. The van der Waals surface area contributed by atoms with E-state index in [0.717, 1.165) is 78.3 Å². The van der Waals surface area contributed by atoms with Gasteiger partial charge in [0.05, 0.1) is 55.9 Å². The summed E-state index contributed by atoms with van der Waals surface area (Å²) in [5.41, 5.74) is 17.2. The normalized spacial score (nSPS) is 11.8. The van der Waals surface area contributed by atoms with Crippen molar-refractivity contribution in [3.8, 4) is 62.1 Å². The van der Waals surface area contributed by atoms with Gasteiger partial charge in [-0.3, -0.25) is 0 Å². The quantitative estimate of drug-likeness (QED) is 0.160. The Morgan fingerprint density at radius 1 is 0.246 bits per heavy atom. The van der Waals surface area contributed by atoms with Gasteiger partial charge in [0.25, 0.3) is 0 Å². The molecule has 0 amide bonds. The highest BCUT2D eigenvalue weighted by Crippen LogP contribution is 2.43. The van der Waals surface area contributed by atoms with E-state index in [9.17, 15) is 0 Å². The van der Waals surface area contributed by atoms with Crippen molar-refractivity contribution in [1.29, 1.82) is 0 Å². The third-order valence-electron chi connectivity index (χ3n) is 13.9. The predicted octanol–water partition coefficient (Wildman–Crippen LogP) is 16.4. The van der Waals surface area contributed by atoms with Crippen molar-refractivity contribution < 1.29 is 0 Å². The summed E-state index contributed by atoms with van der Waals surface area (Å²) in [5, 5.41) is 7.32. The molecule has 5 heteroatoms. The van der Waals surface area contributed by atoms with E-state index in [2.05, 4.69) is 238 Å². The van der Waals surface area contributed by atoms with Crippen LogP contribution in [-0.2, 0) is 0 Å². The molecule has 0 spiro atoms. The van der Waals surface area contributed by atoms with Crippen LogP contribution in [0.3, 0.4) is 0 Å². The standard InChI is InChI=1S/C64H41N5/c1-3-19-42(20-4-1)54-41-55(66-64(65-54)43-21-5-2-6-22-43)44-35-37-62(52(39-44)50-27-11-17-33-60(50)68-58-31-15-9-25-48(58)49-26-10-16-32-59(49)68)69-61-34-18-12-28-51(61)53-40-45(36-38-63(53)69)67-56-29-13-7-23-46(56)47-24-8-14-30-57(47)67/h1-41H. The average Bonchev–Trinajstić information content (AvgIpc) is 4.07. The first-order chi connectivity index (χ1) is 34.2. The molecule has 4 aromatic heterocycles. The summed E-state index contributed by atoms with van der Waals surface area (Å²) < 4.78 is 7.31. The maximum absolute atomic E-state index is 5.33. The smallest absolute Gasteiger partial charge is 0.160 e. The van der Waals surface area contributed by atoms with Crippen LogP contribution < -0.4 is 0 Å². The second-order valence-electron chi connectivity index (χ2n) is 17.7. The minimum Gasteiger partial charge on any atom is -0.309 e. The first kappa shape index (κ1) is 38.9. The summed E-state index contributed by atoms with van der Waals surface area (Å²) in [4.78, 5) is 10.5. The van der Waals surface area contributed by atoms with Crippen LogP contribution in [0.25, 0.3) is 128 Å². The molecule has 0 atom stereocenters. The van der Waals surface area contributed by atoms with Crippen molar-refractivity contribution >= 4 is 65.4 Å². The third-order valence-corrected chi connectivity index (χ3v) is 13.9. The topological polar surface area (TPSA) is 40.6 Å². The maximum Gasteiger partial charge on any atom is 0.160 e. The molecule has 0 aliphatic rings. The molecule has 4 heterocycles. The van der Waals surface area contributed by atoms with E-state index < -0.39 is 0 Å². The number of fused-ring (bicyclic) bond motifs is 9. The van der Waals surface area contributed by atoms with Crippen molar-refractivity contribution in [2.75, 3.05) is 0 Å². The minimum atomic E-state index is 0.685. The van der Waals surface area contributed by atoms with Crippen LogP contribution in [0.2, 0.25) is 0 Å². The number of hydrogen-bond donors (Lipinski definition) is 0. The van der Waals surface area contributed by atoms with E-state index in [0.29, 0.717) is 5.82 Å². The predicted molar refractivity (Wildman–Crippen MR) is 287 cm³/mol. The van der Waals surface area contributed by atoms with Gasteiger partial charge in [0.2, 0.25) is 0 Å². The second kappa shape index (κ2) is 15.7. The fourth-order valence-corrected chi connectivity index (χ4v) is 10.8. The number of rotatable bonds is 7. The molecule has 0 unspecified atom stereocenters. The van der Waals surface area contributed by atoms with Crippen LogP contribution in [-0.4, -0.2) is 23.7 Å². The Morgan fingerprint density at radius 3 is 1.23 bits per heavy atom. The molecule has 0 saturated carbocycles. The van der Waals surface area contributed by atoms with Crippen molar-refractivity contribution in [2.45, 2.75) is 0 Å². The van der Waals surface area contributed by atoms with E-state index in [1.165, 1.54) is 43.4 Å². The number of nitrogens with zero attached hydrogens (tertiary/aromatic N) is 5. The number of aromatic nitrogens is 5. The average molecular weight is 880 g/mol. The Hall–Kier alpha value is -9.32. The summed E-state index contributed by atoms with van der Waals surface area (Å²) >= 11 is 0. The number of benzene rings is 10. The van der Waals surface area contributed by atoms with Gasteiger partial charge in [0.1, 0.15) is 0 Å². The van der Waals surface area contributed by atoms with Gasteiger partial charge in [0.15, 0.2) is 5.82 Å². The first-order valence-corrected chi connectivity index (χ1v) is 23.5. The fraction of sp³-hybridized carbons (Fsp3) is 0. The van der Waals surface area contributed by atoms with Gasteiger partial charge in [-0.2, -0.15) is 0 Å². The van der Waals surface area contributed by atoms with Crippen LogP contribution in [0, 0.1) is 0 Å². The molecule has 322 valence electrons. The molecular weight excluding hydrogens is 839 g/mol. The highest BCUT2D eigenvalue weighted by Gasteiger charge is 2.23. The van der Waals surface area contributed by atoms with E-state index in [1.54, 1.807) is 0 Å². The van der Waals surface area contributed by atoms with Gasteiger partial charge in [-0.25, -0.2) is 9.97 Å². The lowest BCUT2D eigenvalue weighted by atomic mass is 9.96. The Labute approximate surface area is 398 Å². The molecule has 0 radical (unpaired) electrons. The molecule has 0 aliphatic heterocycles. The molecule has 10 aromatic carbocycles. The van der Waals surface area contributed by atoms with E-state index in [4.69, 9.17) is 9.97 Å². The Morgan fingerprint density at radius 2 is 0.667 bits per heavy atom. The van der Waals surface area contributed by atoms with Crippen LogP contribution in [0.5, 0.6) is 0 Å². The molecule has 69 heavy (non-hydrogen) atoms. The second-order valence-corrected chi connectivity index (χ2v) is 17.7. The van der Waals surface area contributed by atoms with Gasteiger partial charge >= 0.3 is 0 Å². The summed E-state index contributed by atoms with van der Waals surface area (Å²) in [6.07, 6.45) is 0. The zero-order valence-electron chi connectivity index (χ0n) is 37.4. The van der Waals surface area contributed by atoms with Gasteiger partial charge < -0.3 is 13.7 Å². The van der Waals surface area contributed by atoms with Gasteiger partial charge in [-0.15, -0.1) is 0 Å². The number of hydrogen-bond acceptors (Lipinski definition) is 2. The lowest BCUT2D eigenvalue weighted by Crippen LogP contribution is -2.02. The van der Waals surface area contributed by atoms with Gasteiger partial charge in [0, 0.05) is 65.8 Å². The molecule has 0 aliphatic carbocycles. The van der Waals surface area contributed by atoms with Crippen LogP contribution in [0.15, 0.2) is 249 Å². The molecule has 14 aromatic rings. The maximum atomic E-state index is 5.33. The first-order valence-electron chi connectivity index (χ1n) is 23.5. The molecule has 0 fully saturated rings. The fourth-order valence-electron chi connectivity index (χ4n) is 10.8. The molecule has 0 N–H and O–H groups in total. The monoisotopic (exact) mass is 879 g/mol. The Balaban J connectivity index is 1.05. The zero-order valence-corrected chi connectivity index (χ0v) is 37.4. The summed E-state index contributed by atoms with van der Waals surface area (Å²) in [6.45, 7) is 0. The molecule has 0 saturated heterocycles. The minimum absolute atomic E-state index is 0.685. The zero-order chi connectivity index (χ0) is 45.4. The number of para-hydroxylation sites is 6. The van der Waals surface area contributed by atoms with Crippen molar-refractivity contribution in [2.24, 2.45) is 0 Å².